The molecule has 0 N–H and O–H groups in total. The predicted molar refractivity (Wildman–Crippen MR) is 232 cm³/mol. The topological polar surface area (TPSA) is 38.9 Å². The summed E-state index contributed by atoms with van der Waals surface area (Å²) in [6.07, 6.45) is -2.45. The first kappa shape index (κ1) is 34.3. The Morgan fingerprint density at radius 1 is 0.695 bits per heavy atom. The van der Waals surface area contributed by atoms with Crippen LogP contribution in [0.25, 0.3) is 77.1 Å². The Morgan fingerprint density at radius 2 is 1.42 bits per heavy atom. The summed E-state index contributed by atoms with van der Waals surface area (Å²) >= 11 is 0. The van der Waals surface area contributed by atoms with Crippen LogP contribution < -0.4 is 0 Å². The number of halogens is 3. The minimum Gasteiger partial charge on any atom is -0.500 e. The van der Waals surface area contributed by atoms with Crippen molar-refractivity contribution in [1.82, 2.24) is 9.97 Å². The molecular formula is C52H43F3IrN2O-2. The summed E-state index contributed by atoms with van der Waals surface area (Å²) in [5, 5.41) is 5.43. The number of alkyl halides is 3. The Labute approximate surface area is 365 Å². The van der Waals surface area contributed by atoms with Gasteiger partial charge in [0, 0.05) is 51.5 Å². The van der Waals surface area contributed by atoms with Gasteiger partial charge in [0.05, 0.1) is 12.0 Å². The van der Waals surface area contributed by atoms with Crippen LogP contribution >= 0.6 is 0 Å². The summed E-state index contributed by atoms with van der Waals surface area (Å²) in [5.74, 6) is 0.569. The van der Waals surface area contributed by atoms with E-state index in [1.165, 1.54) is 35.5 Å². The second-order valence-electron chi connectivity index (χ2n) is 15.1. The van der Waals surface area contributed by atoms with Crippen molar-refractivity contribution in [3.05, 3.63) is 168 Å². The molecule has 0 fully saturated rings. The Kier molecular flexibility index (Phi) is 9.83. The first-order chi connectivity index (χ1) is 30.3. The second-order valence-corrected chi connectivity index (χ2v) is 15.1. The third kappa shape index (κ3) is 8.59. The molecule has 9 aromatic rings. The van der Waals surface area contributed by atoms with Crippen molar-refractivity contribution in [1.29, 1.82) is 0 Å². The molecule has 0 unspecified atom stereocenters. The Morgan fingerprint density at radius 3 is 2.10 bits per heavy atom. The molecule has 9 rings (SSSR count). The van der Waals surface area contributed by atoms with Gasteiger partial charge in [-0.15, -0.1) is 53.1 Å². The van der Waals surface area contributed by atoms with Crippen LogP contribution in [0, 0.1) is 25.8 Å². The van der Waals surface area contributed by atoms with E-state index < -0.39 is 26.3 Å². The van der Waals surface area contributed by atoms with E-state index in [9.17, 15) is 13.2 Å². The van der Waals surface area contributed by atoms with Gasteiger partial charge in [0.1, 0.15) is 5.58 Å². The number of furan rings is 1. The van der Waals surface area contributed by atoms with Crippen LogP contribution in [-0.2, 0) is 26.5 Å². The first-order valence-electron chi connectivity index (χ1n) is 22.1. The molecule has 0 saturated heterocycles. The molecule has 299 valence electrons. The molecule has 0 aliphatic rings. The SMILES string of the molecule is CC(C)c1cccc(C(C)C)c1-c1ccnc(-c2[c-]c(CC(F)(F)F)cc3c2oc2c3ccc3ccc4ccccc4c32)c1.[2H]C([2H])([2H])c1c[c-]c(-c2ccc(C([2H])([2H])[2H])cn2)cc1.[Ir]. The summed E-state index contributed by atoms with van der Waals surface area (Å²) in [6.45, 7) is 4.35. The van der Waals surface area contributed by atoms with Gasteiger partial charge >= 0.3 is 6.18 Å². The van der Waals surface area contributed by atoms with Crippen molar-refractivity contribution >= 4 is 43.5 Å². The van der Waals surface area contributed by atoms with Gasteiger partial charge in [-0.1, -0.05) is 130 Å². The number of aromatic nitrogens is 2. The van der Waals surface area contributed by atoms with Crippen LogP contribution in [0.5, 0.6) is 0 Å². The van der Waals surface area contributed by atoms with Crippen molar-refractivity contribution in [3.8, 4) is 33.6 Å². The van der Waals surface area contributed by atoms with Crippen LogP contribution in [0.4, 0.5) is 13.2 Å². The maximum absolute atomic E-state index is 13.8. The van der Waals surface area contributed by atoms with Crippen LogP contribution in [0.15, 0.2) is 132 Å². The van der Waals surface area contributed by atoms with E-state index in [1.807, 2.05) is 42.5 Å². The van der Waals surface area contributed by atoms with Gasteiger partial charge in [-0.2, -0.15) is 13.2 Å². The van der Waals surface area contributed by atoms with Gasteiger partial charge < -0.3 is 14.4 Å². The molecule has 1 radical (unpaired) electrons. The number of aryl methyl sites for hydroxylation is 2. The monoisotopic (exact) mass is 967 g/mol. The van der Waals surface area contributed by atoms with E-state index in [-0.39, 0.29) is 48.6 Å². The zero-order valence-corrected chi connectivity index (χ0v) is 35.2. The summed E-state index contributed by atoms with van der Waals surface area (Å²) in [4.78, 5) is 8.76. The van der Waals surface area contributed by atoms with Gasteiger partial charge in [-0.05, 0) is 80.1 Å². The Hall–Kier alpha value is -5.62. The van der Waals surface area contributed by atoms with Gasteiger partial charge in [0.2, 0.25) is 0 Å². The smallest absolute Gasteiger partial charge is 0.391 e. The average Bonchev–Trinajstić information content (AvgIpc) is 3.63. The zero-order valence-electron chi connectivity index (χ0n) is 38.8. The van der Waals surface area contributed by atoms with Gasteiger partial charge in [0.25, 0.3) is 0 Å². The van der Waals surface area contributed by atoms with Crippen LogP contribution in [0.2, 0.25) is 0 Å². The molecule has 59 heavy (non-hydrogen) atoms. The summed E-state index contributed by atoms with van der Waals surface area (Å²) in [5.41, 5.74) is 8.24. The van der Waals surface area contributed by atoms with Crippen molar-refractivity contribution in [2.75, 3.05) is 0 Å². The molecule has 3 aromatic heterocycles. The molecule has 3 heterocycles. The Balaban J connectivity index is 0.000000253. The molecular weight excluding hydrogens is 918 g/mol. The second kappa shape index (κ2) is 16.9. The normalized spacial score (nSPS) is 13.6. The fourth-order valence-corrected chi connectivity index (χ4v) is 7.65. The predicted octanol–water partition coefficient (Wildman–Crippen LogP) is 14.9. The number of nitrogens with zero attached hydrogens (tertiary/aromatic N) is 2. The van der Waals surface area contributed by atoms with E-state index >= 15 is 0 Å². The molecule has 0 amide bonds. The zero-order chi connectivity index (χ0) is 45.7. The number of hydrogen-bond donors (Lipinski definition) is 0. The molecule has 0 aliphatic heterocycles. The quantitative estimate of drug-likeness (QED) is 0.123. The third-order valence-corrected chi connectivity index (χ3v) is 10.4. The molecule has 3 nitrogen and oxygen atoms in total. The van der Waals surface area contributed by atoms with Crippen molar-refractivity contribution in [2.45, 2.75) is 65.8 Å². The Bertz CT molecular complexity index is 3080. The largest absolute Gasteiger partial charge is 0.500 e. The van der Waals surface area contributed by atoms with Crippen molar-refractivity contribution in [2.24, 2.45) is 0 Å². The minimum absolute atomic E-state index is 0. The van der Waals surface area contributed by atoms with Crippen LogP contribution in [0.1, 0.15) is 75.6 Å². The fraction of sp³-hybridized carbons (Fsp3) is 0.192. The van der Waals surface area contributed by atoms with Crippen LogP contribution in [0.3, 0.4) is 0 Å². The molecule has 7 heteroatoms. The minimum atomic E-state index is -4.39. The number of rotatable bonds is 6. The van der Waals surface area contributed by atoms with Gasteiger partial charge in [-0.3, -0.25) is 0 Å². The van der Waals surface area contributed by atoms with Gasteiger partial charge in [0.15, 0.2) is 0 Å². The average molecular weight is 967 g/mol. The number of benzene rings is 6. The van der Waals surface area contributed by atoms with E-state index in [0.29, 0.717) is 39.1 Å². The first-order valence-corrected chi connectivity index (χ1v) is 19.1. The standard InChI is InChI=1S/C39H31F3NO.C13H12N.Ir/c1-22(2)28-10-7-11-29(23(3)4)35(28)27-16-17-43-34(20-27)33-19-24(21-39(40,41)42)18-32-31-15-14-26-13-12-25-8-5-6-9-30(25)36(26)38(31)44-37(32)33;1-10-3-6-12(7-4-10)13-8-5-11(2)9-14-13;/h5-18,20,22-23H,21H2,1-4H3;3-6,8-9H,1-2H3;/q2*-1;/i;1D3,2D3;. The number of hydrogen-bond acceptors (Lipinski definition) is 3. The summed E-state index contributed by atoms with van der Waals surface area (Å²) in [6, 6.07) is 41.6. The van der Waals surface area contributed by atoms with Crippen molar-refractivity contribution in [3.63, 3.8) is 0 Å². The molecule has 0 atom stereocenters. The maximum atomic E-state index is 13.8. The van der Waals surface area contributed by atoms with E-state index in [1.54, 1.807) is 24.4 Å². The molecule has 0 spiro atoms. The molecule has 6 aromatic carbocycles. The molecule has 0 saturated carbocycles. The van der Waals surface area contributed by atoms with Crippen LogP contribution in [-0.4, -0.2) is 16.1 Å². The van der Waals surface area contributed by atoms with Crippen molar-refractivity contribution < 1.29 is 45.9 Å². The summed E-state index contributed by atoms with van der Waals surface area (Å²) < 4.78 is 91.6. The fourth-order valence-electron chi connectivity index (χ4n) is 7.65. The third-order valence-electron chi connectivity index (χ3n) is 10.4. The number of pyridine rings is 2. The maximum Gasteiger partial charge on any atom is 0.391 e. The number of fused-ring (bicyclic) bond motifs is 7. The van der Waals surface area contributed by atoms with Gasteiger partial charge in [-0.25, -0.2) is 0 Å². The van der Waals surface area contributed by atoms with E-state index in [0.717, 1.165) is 38.1 Å². The van der Waals surface area contributed by atoms with E-state index in [2.05, 4.69) is 86.2 Å². The molecule has 0 bridgehead atoms. The summed E-state index contributed by atoms with van der Waals surface area (Å²) in [7, 11) is 0. The van der Waals surface area contributed by atoms with E-state index in [4.69, 9.17) is 12.6 Å². The molecule has 0 aliphatic carbocycles.